The first-order valence-corrected chi connectivity index (χ1v) is 7.11. The lowest BCUT2D eigenvalue weighted by Crippen LogP contribution is -2.34. The summed E-state index contributed by atoms with van der Waals surface area (Å²) in [6.45, 7) is 3.38. The van der Waals surface area contributed by atoms with Gasteiger partial charge in [0.2, 0.25) is 0 Å². The quantitative estimate of drug-likeness (QED) is 0.881. The van der Waals surface area contributed by atoms with E-state index in [-0.39, 0.29) is 0 Å². The van der Waals surface area contributed by atoms with Crippen molar-refractivity contribution < 1.29 is 4.74 Å². The largest absolute Gasteiger partial charge is 0.383 e. The minimum atomic E-state index is 0.296. The number of ether oxygens (including phenoxy) is 1. The van der Waals surface area contributed by atoms with Crippen LogP contribution in [0, 0.1) is 0 Å². The Balaban J connectivity index is 2.32. The highest BCUT2D eigenvalue weighted by molar-refractivity contribution is 5.50. The predicted octanol–water partition coefficient (Wildman–Crippen LogP) is 1.89. The van der Waals surface area contributed by atoms with Crippen LogP contribution in [0.1, 0.15) is 36.6 Å². The van der Waals surface area contributed by atoms with Gasteiger partial charge in [-0.25, -0.2) is 4.98 Å². The molecule has 1 aromatic rings. The van der Waals surface area contributed by atoms with E-state index in [1.165, 1.54) is 24.1 Å². The number of hydrogen-bond acceptors (Lipinski definition) is 4. The fourth-order valence-corrected chi connectivity index (χ4v) is 2.69. The molecule has 1 aromatic heterocycles. The molecule has 4 nitrogen and oxygen atoms in total. The molecule has 0 fully saturated rings. The number of aryl methyl sites for hydroxylation is 2. The van der Waals surface area contributed by atoms with E-state index in [9.17, 15) is 0 Å². The van der Waals surface area contributed by atoms with Crippen LogP contribution in [0.5, 0.6) is 0 Å². The van der Waals surface area contributed by atoms with Gasteiger partial charge >= 0.3 is 0 Å². The number of methoxy groups -OCH3 is 1. The van der Waals surface area contributed by atoms with Crippen molar-refractivity contribution in [2.24, 2.45) is 5.73 Å². The Morgan fingerprint density at radius 1 is 1.42 bits per heavy atom. The first-order chi connectivity index (χ1) is 9.17. The monoisotopic (exact) mass is 263 g/mol. The van der Waals surface area contributed by atoms with E-state index in [2.05, 4.69) is 24.9 Å². The number of fused-ring (bicyclic) bond motifs is 1. The average molecular weight is 263 g/mol. The van der Waals surface area contributed by atoms with E-state index in [4.69, 9.17) is 15.5 Å². The molecule has 1 unspecified atom stereocenters. The third-order valence-electron chi connectivity index (χ3n) is 3.98. The van der Waals surface area contributed by atoms with Crippen LogP contribution < -0.4 is 10.6 Å². The summed E-state index contributed by atoms with van der Waals surface area (Å²) in [6.07, 6.45) is 4.76. The maximum absolute atomic E-state index is 5.90. The van der Waals surface area contributed by atoms with Crippen LogP contribution in [0.3, 0.4) is 0 Å². The summed E-state index contributed by atoms with van der Waals surface area (Å²) in [5, 5.41) is 0. The fourth-order valence-electron chi connectivity index (χ4n) is 2.69. The molecule has 19 heavy (non-hydrogen) atoms. The molecule has 0 spiro atoms. The van der Waals surface area contributed by atoms with Crippen LogP contribution in [0.15, 0.2) is 6.07 Å². The van der Waals surface area contributed by atoms with Crippen molar-refractivity contribution in [1.82, 2.24) is 4.98 Å². The molecule has 0 radical (unpaired) electrons. The number of likely N-dealkylation sites (N-methyl/N-ethyl adjacent to an activating group) is 1. The minimum absolute atomic E-state index is 0.296. The molecule has 1 atom stereocenters. The van der Waals surface area contributed by atoms with Gasteiger partial charge < -0.3 is 15.4 Å². The van der Waals surface area contributed by atoms with Gasteiger partial charge in [0.05, 0.1) is 12.6 Å². The molecular weight excluding hydrogens is 238 g/mol. The third kappa shape index (κ3) is 3.07. The zero-order valence-corrected chi connectivity index (χ0v) is 12.3. The van der Waals surface area contributed by atoms with E-state index in [0.29, 0.717) is 19.2 Å². The first-order valence-electron chi connectivity index (χ1n) is 7.11. The van der Waals surface area contributed by atoms with E-state index in [0.717, 1.165) is 24.2 Å². The van der Waals surface area contributed by atoms with Crippen molar-refractivity contribution in [3.63, 3.8) is 0 Å². The fraction of sp³-hybridized carbons (Fsp3) is 0.667. The van der Waals surface area contributed by atoms with E-state index < -0.39 is 0 Å². The van der Waals surface area contributed by atoms with Crippen LogP contribution in [0.25, 0.3) is 0 Å². The maximum atomic E-state index is 5.90. The standard InChI is InChI=1S/C15H25N3O/c1-11(10-19-3)18(2)15-13(9-16)8-12-6-4-5-7-14(12)17-15/h8,11H,4-7,9-10,16H2,1-3H3. The SMILES string of the molecule is COCC(C)N(C)c1nc2c(cc1CN)CCCC2. The van der Waals surface area contributed by atoms with Gasteiger partial charge in [-0.1, -0.05) is 0 Å². The number of aromatic nitrogens is 1. The van der Waals surface area contributed by atoms with Gasteiger partial charge in [-0.2, -0.15) is 0 Å². The molecule has 1 heterocycles. The molecule has 0 aromatic carbocycles. The van der Waals surface area contributed by atoms with Gasteiger partial charge in [-0.05, 0) is 44.2 Å². The number of nitrogens with two attached hydrogens (primary N) is 1. The second kappa shape index (κ2) is 6.35. The summed E-state index contributed by atoms with van der Waals surface area (Å²) in [5.74, 6) is 1.02. The van der Waals surface area contributed by atoms with Crippen molar-refractivity contribution in [3.05, 3.63) is 22.9 Å². The third-order valence-corrected chi connectivity index (χ3v) is 3.98. The summed E-state index contributed by atoms with van der Waals surface area (Å²) in [4.78, 5) is 7.06. The van der Waals surface area contributed by atoms with Crippen LogP contribution in [-0.4, -0.2) is 31.8 Å². The molecule has 4 heteroatoms. The molecule has 0 amide bonds. The zero-order valence-electron chi connectivity index (χ0n) is 12.3. The van der Waals surface area contributed by atoms with E-state index in [1.54, 1.807) is 7.11 Å². The first kappa shape index (κ1) is 14.3. The smallest absolute Gasteiger partial charge is 0.133 e. The summed E-state index contributed by atoms with van der Waals surface area (Å²) in [6, 6.07) is 2.55. The maximum Gasteiger partial charge on any atom is 0.133 e. The van der Waals surface area contributed by atoms with Crippen molar-refractivity contribution in [1.29, 1.82) is 0 Å². The molecule has 2 rings (SSSR count). The lowest BCUT2D eigenvalue weighted by Gasteiger charge is -2.29. The molecule has 0 aliphatic heterocycles. The average Bonchev–Trinajstić information content (AvgIpc) is 2.45. The summed E-state index contributed by atoms with van der Waals surface area (Å²) in [5.41, 5.74) is 9.69. The van der Waals surface area contributed by atoms with Crippen LogP contribution in [-0.2, 0) is 24.1 Å². The molecule has 2 N–H and O–H groups in total. The number of pyridine rings is 1. The Morgan fingerprint density at radius 3 is 2.84 bits per heavy atom. The number of hydrogen-bond donors (Lipinski definition) is 1. The second-order valence-corrected chi connectivity index (χ2v) is 5.40. The molecule has 106 valence electrons. The predicted molar refractivity (Wildman–Crippen MR) is 78.5 cm³/mol. The van der Waals surface area contributed by atoms with Gasteiger partial charge in [0.15, 0.2) is 0 Å². The van der Waals surface area contributed by atoms with Crippen LogP contribution in [0.4, 0.5) is 5.82 Å². The van der Waals surface area contributed by atoms with Gasteiger partial charge in [-0.3, -0.25) is 0 Å². The number of anilines is 1. The Morgan fingerprint density at radius 2 is 2.16 bits per heavy atom. The summed E-state index contributed by atoms with van der Waals surface area (Å²) < 4.78 is 5.23. The summed E-state index contributed by atoms with van der Waals surface area (Å²) >= 11 is 0. The second-order valence-electron chi connectivity index (χ2n) is 5.40. The Labute approximate surface area is 116 Å². The van der Waals surface area contributed by atoms with Gasteiger partial charge in [0.1, 0.15) is 5.82 Å². The van der Waals surface area contributed by atoms with Crippen LogP contribution in [0.2, 0.25) is 0 Å². The lowest BCUT2D eigenvalue weighted by molar-refractivity contribution is 0.183. The molecule has 1 aliphatic rings. The molecular formula is C15H25N3O. The topological polar surface area (TPSA) is 51.4 Å². The van der Waals surface area contributed by atoms with E-state index >= 15 is 0 Å². The van der Waals surface area contributed by atoms with Gasteiger partial charge in [0.25, 0.3) is 0 Å². The summed E-state index contributed by atoms with van der Waals surface area (Å²) in [7, 11) is 3.80. The van der Waals surface area contributed by atoms with Crippen molar-refractivity contribution in [2.75, 3.05) is 25.7 Å². The zero-order chi connectivity index (χ0) is 13.8. The van der Waals surface area contributed by atoms with Crippen LogP contribution >= 0.6 is 0 Å². The highest BCUT2D eigenvalue weighted by atomic mass is 16.5. The van der Waals surface area contributed by atoms with Gasteiger partial charge in [0, 0.05) is 32.0 Å². The highest BCUT2D eigenvalue weighted by Gasteiger charge is 2.19. The van der Waals surface area contributed by atoms with Crippen molar-refractivity contribution in [3.8, 4) is 0 Å². The molecule has 0 saturated carbocycles. The lowest BCUT2D eigenvalue weighted by atomic mass is 9.94. The number of nitrogens with zero attached hydrogens (tertiary/aromatic N) is 2. The molecule has 0 saturated heterocycles. The Bertz CT molecular complexity index is 434. The number of rotatable bonds is 5. The van der Waals surface area contributed by atoms with Gasteiger partial charge in [-0.15, -0.1) is 0 Å². The minimum Gasteiger partial charge on any atom is -0.383 e. The van der Waals surface area contributed by atoms with Crippen molar-refractivity contribution in [2.45, 2.75) is 45.2 Å². The molecule has 0 bridgehead atoms. The Kier molecular flexibility index (Phi) is 4.77. The van der Waals surface area contributed by atoms with E-state index in [1.807, 2.05) is 0 Å². The Hall–Kier alpha value is -1.13. The molecule has 1 aliphatic carbocycles. The highest BCUT2D eigenvalue weighted by Crippen LogP contribution is 2.27. The van der Waals surface area contributed by atoms with Crippen molar-refractivity contribution >= 4 is 5.82 Å². The normalized spacial score (nSPS) is 16.0.